The van der Waals surface area contributed by atoms with Crippen molar-refractivity contribution in [2.75, 3.05) is 50.6 Å². The molecule has 202 valence electrons. The van der Waals surface area contributed by atoms with Gasteiger partial charge in [-0.3, -0.25) is 9.59 Å². The number of carbonyl (C=O) groups excluding carboxylic acids is 2. The van der Waals surface area contributed by atoms with E-state index >= 15 is 0 Å². The third-order valence-corrected chi connectivity index (χ3v) is 8.94. The second-order valence-corrected chi connectivity index (χ2v) is 11.6. The maximum Gasteiger partial charge on any atom is 0.262 e. The molecule has 4 N–H and O–H groups in total. The normalized spacial score (nSPS) is 14.4. The van der Waals surface area contributed by atoms with Crippen molar-refractivity contribution < 1.29 is 19.1 Å². The van der Waals surface area contributed by atoms with Gasteiger partial charge in [0.1, 0.15) is 15.8 Å². The van der Waals surface area contributed by atoms with Crippen LogP contribution in [0.3, 0.4) is 0 Å². The SMILES string of the molecule is COCCNCCC(=O)Nc1sc2c(c1-c1nc3cc(-c4ccc5c(c4)NC(=O)CO5)ccc3s1)CCNC2. The van der Waals surface area contributed by atoms with Crippen LogP contribution in [0.15, 0.2) is 36.4 Å². The molecular formula is C28H29N5O4S2. The van der Waals surface area contributed by atoms with Crippen LogP contribution in [-0.4, -0.2) is 56.8 Å². The van der Waals surface area contributed by atoms with Gasteiger partial charge in [0.15, 0.2) is 6.61 Å². The van der Waals surface area contributed by atoms with E-state index in [0.717, 1.165) is 63.0 Å². The molecule has 2 aliphatic heterocycles. The van der Waals surface area contributed by atoms with Gasteiger partial charge in [0.2, 0.25) is 5.91 Å². The van der Waals surface area contributed by atoms with Gasteiger partial charge in [-0.15, -0.1) is 22.7 Å². The summed E-state index contributed by atoms with van der Waals surface area (Å²) in [6.45, 7) is 3.68. The topological polar surface area (TPSA) is 114 Å². The molecule has 0 fully saturated rings. The summed E-state index contributed by atoms with van der Waals surface area (Å²) in [4.78, 5) is 30.9. The predicted octanol–water partition coefficient (Wildman–Crippen LogP) is 4.23. The quantitative estimate of drug-likeness (QED) is 0.225. The van der Waals surface area contributed by atoms with Gasteiger partial charge >= 0.3 is 0 Å². The molecule has 11 heteroatoms. The number of hydrogen-bond acceptors (Lipinski definition) is 9. The lowest BCUT2D eigenvalue weighted by atomic mass is 10.0. The van der Waals surface area contributed by atoms with Crippen LogP contribution in [-0.2, 0) is 27.3 Å². The molecular weight excluding hydrogens is 534 g/mol. The highest BCUT2D eigenvalue weighted by Gasteiger charge is 2.25. The van der Waals surface area contributed by atoms with Gasteiger partial charge in [-0.1, -0.05) is 12.1 Å². The van der Waals surface area contributed by atoms with E-state index in [1.165, 1.54) is 10.4 Å². The fourth-order valence-corrected chi connectivity index (χ4v) is 7.14. The zero-order valence-electron chi connectivity index (χ0n) is 21.5. The van der Waals surface area contributed by atoms with Gasteiger partial charge in [0, 0.05) is 43.6 Å². The van der Waals surface area contributed by atoms with Crippen LogP contribution in [0.5, 0.6) is 5.75 Å². The number of anilines is 2. The molecule has 2 aliphatic rings. The number of amides is 2. The van der Waals surface area contributed by atoms with Crippen LogP contribution in [0.4, 0.5) is 10.7 Å². The molecule has 0 aliphatic carbocycles. The molecule has 4 heterocycles. The number of carbonyl (C=O) groups is 2. The highest BCUT2D eigenvalue weighted by molar-refractivity contribution is 7.23. The minimum Gasteiger partial charge on any atom is -0.482 e. The number of nitrogens with one attached hydrogen (secondary N) is 4. The van der Waals surface area contributed by atoms with Crippen molar-refractivity contribution in [3.05, 3.63) is 46.8 Å². The molecule has 39 heavy (non-hydrogen) atoms. The zero-order valence-corrected chi connectivity index (χ0v) is 23.2. The number of methoxy groups -OCH3 is 1. The Balaban J connectivity index is 1.28. The first-order valence-electron chi connectivity index (χ1n) is 12.9. The van der Waals surface area contributed by atoms with Gasteiger partial charge in [0.05, 0.1) is 22.5 Å². The number of ether oxygens (including phenoxy) is 2. The molecule has 0 bridgehead atoms. The molecule has 0 atom stereocenters. The Labute approximate surface area is 233 Å². The Morgan fingerprint density at radius 2 is 2.03 bits per heavy atom. The fourth-order valence-electron chi connectivity index (χ4n) is 4.82. The van der Waals surface area contributed by atoms with Crippen LogP contribution in [0.25, 0.3) is 31.9 Å². The van der Waals surface area contributed by atoms with E-state index in [2.05, 4.69) is 39.5 Å². The number of hydrogen-bond donors (Lipinski definition) is 4. The highest BCUT2D eigenvalue weighted by Crippen LogP contribution is 2.45. The first kappa shape index (κ1) is 25.9. The van der Waals surface area contributed by atoms with E-state index in [-0.39, 0.29) is 18.4 Å². The molecule has 2 amide bonds. The standard InChI is InChI=1S/C28H29N5O4S2/c1-36-11-10-29-9-7-24(34)33-28-26(18-6-8-30-14-23(18)39-28)27-32-20-13-17(3-5-22(20)38-27)16-2-4-21-19(12-16)31-25(35)15-37-21/h2-5,12-13,29-30H,6-11,14-15H2,1H3,(H,31,35)(H,33,34). The maximum atomic E-state index is 12.8. The van der Waals surface area contributed by atoms with Crippen molar-refractivity contribution in [2.24, 2.45) is 0 Å². The lowest BCUT2D eigenvalue weighted by Crippen LogP contribution is -2.25. The molecule has 2 aromatic carbocycles. The van der Waals surface area contributed by atoms with Crippen LogP contribution >= 0.6 is 22.7 Å². The second kappa shape index (κ2) is 11.4. The smallest absolute Gasteiger partial charge is 0.262 e. The average molecular weight is 564 g/mol. The van der Waals surface area contributed by atoms with Crippen LogP contribution < -0.4 is 26.0 Å². The Kier molecular flexibility index (Phi) is 7.58. The van der Waals surface area contributed by atoms with E-state index in [0.29, 0.717) is 31.0 Å². The average Bonchev–Trinajstić information content (AvgIpc) is 3.52. The predicted molar refractivity (Wildman–Crippen MR) is 156 cm³/mol. The zero-order chi connectivity index (χ0) is 26.8. The summed E-state index contributed by atoms with van der Waals surface area (Å²) in [5, 5.41) is 14.5. The Morgan fingerprint density at radius 3 is 2.92 bits per heavy atom. The number of rotatable bonds is 9. The number of thiazole rings is 1. The molecule has 9 nitrogen and oxygen atoms in total. The van der Waals surface area contributed by atoms with Crippen molar-refractivity contribution in [1.29, 1.82) is 0 Å². The van der Waals surface area contributed by atoms with E-state index in [1.807, 2.05) is 18.2 Å². The Morgan fingerprint density at radius 1 is 1.15 bits per heavy atom. The summed E-state index contributed by atoms with van der Waals surface area (Å²) in [5.41, 5.74) is 5.88. The molecule has 0 saturated heterocycles. The van der Waals surface area contributed by atoms with Gasteiger partial charge in [-0.2, -0.15) is 0 Å². The number of benzene rings is 2. The Hall–Kier alpha value is -3.35. The molecule has 0 spiro atoms. The molecule has 0 saturated carbocycles. The fraction of sp³-hybridized carbons (Fsp3) is 0.321. The summed E-state index contributed by atoms with van der Waals surface area (Å²) in [6.07, 6.45) is 1.29. The molecule has 6 rings (SSSR count). The van der Waals surface area contributed by atoms with Gasteiger partial charge in [-0.25, -0.2) is 4.98 Å². The largest absolute Gasteiger partial charge is 0.482 e. The molecule has 2 aromatic heterocycles. The van der Waals surface area contributed by atoms with E-state index in [9.17, 15) is 9.59 Å². The van der Waals surface area contributed by atoms with Crippen molar-refractivity contribution in [3.63, 3.8) is 0 Å². The van der Waals surface area contributed by atoms with Crippen LogP contribution in [0.1, 0.15) is 16.9 Å². The molecule has 0 radical (unpaired) electrons. The number of thiophene rings is 1. The van der Waals surface area contributed by atoms with Gasteiger partial charge < -0.3 is 30.7 Å². The summed E-state index contributed by atoms with van der Waals surface area (Å²) >= 11 is 3.28. The monoisotopic (exact) mass is 563 g/mol. The number of fused-ring (bicyclic) bond motifs is 3. The number of aromatic nitrogens is 1. The van der Waals surface area contributed by atoms with Crippen molar-refractivity contribution in [3.8, 4) is 27.4 Å². The lowest BCUT2D eigenvalue weighted by molar-refractivity contribution is -0.118. The minimum absolute atomic E-state index is 0.0143. The summed E-state index contributed by atoms with van der Waals surface area (Å²) in [6, 6.07) is 12.0. The summed E-state index contributed by atoms with van der Waals surface area (Å²) in [5.74, 6) is 0.505. The van der Waals surface area contributed by atoms with E-state index in [1.54, 1.807) is 29.8 Å². The van der Waals surface area contributed by atoms with Crippen LogP contribution in [0, 0.1) is 0 Å². The van der Waals surface area contributed by atoms with Crippen LogP contribution in [0.2, 0.25) is 0 Å². The third-order valence-electron chi connectivity index (χ3n) is 6.74. The molecule has 0 unspecified atom stereocenters. The van der Waals surface area contributed by atoms with Crippen molar-refractivity contribution in [2.45, 2.75) is 19.4 Å². The first-order chi connectivity index (χ1) is 19.1. The third kappa shape index (κ3) is 5.54. The Bertz CT molecular complexity index is 1550. The van der Waals surface area contributed by atoms with E-state index in [4.69, 9.17) is 14.5 Å². The van der Waals surface area contributed by atoms with Gasteiger partial charge in [-0.05, 0) is 53.9 Å². The first-order valence-corrected chi connectivity index (χ1v) is 14.5. The minimum atomic E-state index is -0.154. The van der Waals surface area contributed by atoms with Crippen molar-refractivity contribution >= 4 is 55.4 Å². The summed E-state index contributed by atoms with van der Waals surface area (Å²) in [7, 11) is 1.66. The van der Waals surface area contributed by atoms with E-state index < -0.39 is 0 Å². The lowest BCUT2D eigenvalue weighted by Gasteiger charge is -2.18. The molecule has 4 aromatic rings. The highest BCUT2D eigenvalue weighted by atomic mass is 32.1. The van der Waals surface area contributed by atoms with Crippen molar-refractivity contribution in [1.82, 2.24) is 15.6 Å². The number of nitrogens with zero attached hydrogens (tertiary/aromatic N) is 1. The van der Waals surface area contributed by atoms with Gasteiger partial charge in [0.25, 0.3) is 5.91 Å². The second-order valence-electron chi connectivity index (χ2n) is 9.42. The summed E-state index contributed by atoms with van der Waals surface area (Å²) < 4.78 is 11.6. The maximum absolute atomic E-state index is 12.8.